The van der Waals surface area contributed by atoms with E-state index in [1.54, 1.807) is 0 Å². The van der Waals surface area contributed by atoms with E-state index in [1.165, 1.54) is 0 Å². The smallest absolute Gasteiger partial charge is 0.460 e. The van der Waals surface area contributed by atoms with Crippen molar-refractivity contribution in [2.24, 2.45) is 0 Å². The molecule has 0 saturated heterocycles. The first kappa shape index (κ1) is 34.1. The molecule has 0 spiro atoms. The van der Waals surface area contributed by atoms with E-state index < -0.39 is 85.0 Å². The molecule has 6 nitrogen and oxygen atoms in total. The molecule has 216 valence electrons. The third-order valence-electron chi connectivity index (χ3n) is 3.88. The summed E-state index contributed by atoms with van der Waals surface area (Å²) in [5, 5.41) is 0. The Morgan fingerprint density at radius 1 is 0.676 bits per heavy atom. The summed E-state index contributed by atoms with van der Waals surface area (Å²) < 4.78 is 204. The van der Waals surface area contributed by atoms with Crippen LogP contribution >= 0.6 is 0 Å². The topological polar surface area (TPSA) is 78.9 Å². The maximum atomic E-state index is 13.4. The minimum absolute atomic E-state index is 0.529. The summed E-state index contributed by atoms with van der Waals surface area (Å²) >= 11 is 0. The van der Waals surface area contributed by atoms with E-state index in [1.807, 2.05) is 0 Å². The zero-order valence-corrected chi connectivity index (χ0v) is 17.4. The monoisotopic (exact) mass is 584 g/mol. The number of hydrogen-bond donors (Lipinski definition) is 0. The lowest BCUT2D eigenvalue weighted by atomic mass is 10.0. The number of rotatable bonds is 10. The Morgan fingerprint density at radius 3 is 1.46 bits per heavy atom. The van der Waals surface area contributed by atoms with Crippen molar-refractivity contribution in [1.29, 1.82) is 0 Å². The van der Waals surface area contributed by atoms with Gasteiger partial charge in [-0.2, -0.15) is 65.9 Å². The predicted molar refractivity (Wildman–Crippen MR) is 83.2 cm³/mol. The molecule has 0 bridgehead atoms. The molecule has 21 heteroatoms. The van der Waals surface area contributed by atoms with Crippen molar-refractivity contribution in [2.75, 3.05) is 13.2 Å². The van der Waals surface area contributed by atoms with E-state index in [9.17, 15) is 80.2 Å². The molecule has 0 atom stereocenters. The Bertz CT molecular complexity index is 871. The second-order valence-corrected chi connectivity index (χ2v) is 6.74. The van der Waals surface area contributed by atoms with Gasteiger partial charge in [0.2, 0.25) is 0 Å². The highest BCUT2D eigenvalue weighted by Crippen LogP contribution is 2.54. The van der Waals surface area contributed by atoms with E-state index in [4.69, 9.17) is 0 Å². The van der Waals surface area contributed by atoms with Crippen LogP contribution in [0.2, 0.25) is 0 Å². The largest absolute Gasteiger partial charge is 0.462 e. The van der Waals surface area contributed by atoms with Crippen molar-refractivity contribution >= 4 is 17.9 Å². The summed E-state index contributed by atoms with van der Waals surface area (Å²) in [5.41, 5.74) is -6.90. The number of ether oxygens (including phenoxy) is 3. The first-order chi connectivity index (χ1) is 16.1. The Balaban J connectivity index is 6.00. The van der Waals surface area contributed by atoms with Gasteiger partial charge in [-0.1, -0.05) is 6.58 Å². The molecule has 0 fully saturated rings. The predicted octanol–water partition coefficient (Wildman–Crippen LogP) is 4.91. The van der Waals surface area contributed by atoms with Gasteiger partial charge in [-0.3, -0.25) is 0 Å². The lowest BCUT2D eigenvalue weighted by molar-refractivity contribution is -0.397. The first-order valence-electron chi connectivity index (χ1n) is 8.65. The minimum Gasteiger partial charge on any atom is -0.462 e. The van der Waals surface area contributed by atoms with Gasteiger partial charge in [0.1, 0.15) is 0 Å². The summed E-state index contributed by atoms with van der Waals surface area (Å²) in [6, 6.07) is 0. The molecular formula is C16H11F15O6. The van der Waals surface area contributed by atoms with Gasteiger partial charge in [0.15, 0.2) is 6.61 Å². The van der Waals surface area contributed by atoms with Crippen molar-refractivity contribution < 1.29 is 94.5 Å². The van der Waals surface area contributed by atoms with Crippen molar-refractivity contribution in [3.63, 3.8) is 0 Å². The molecule has 0 aliphatic carbocycles. The molecule has 0 N–H and O–H groups in total. The third-order valence-corrected chi connectivity index (χ3v) is 3.88. The summed E-state index contributed by atoms with van der Waals surface area (Å²) in [6.45, 7) is -0.932. The van der Waals surface area contributed by atoms with Crippen LogP contribution in [0, 0.1) is 0 Å². The fourth-order valence-electron chi connectivity index (χ4n) is 1.94. The van der Waals surface area contributed by atoms with Crippen LogP contribution in [0.25, 0.3) is 0 Å². The second-order valence-electron chi connectivity index (χ2n) is 6.74. The van der Waals surface area contributed by atoms with Crippen LogP contribution in [0.1, 0.15) is 13.3 Å². The van der Waals surface area contributed by atoms with Gasteiger partial charge >= 0.3 is 59.8 Å². The van der Waals surface area contributed by atoms with E-state index in [-0.39, 0.29) is 0 Å². The van der Waals surface area contributed by atoms with Crippen LogP contribution in [0.4, 0.5) is 65.9 Å². The zero-order chi connectivity index (χ0) is 30.1. The Hall–Kier alpha value is -2.90. The SMILES string of the molecule is C=C(C)C(=O)OCC(=O)OC(C(=O)OCCC(F)(F)C(F)(F)C(F)(F)C(F)(F)F)(C(F)(F)F)C(F)(F)F. The number of esters is 3. The maximum Gasteiger partial charge on any atom is 0.460 e. The molecule has 37 heavy (non-hydrogen) atoms. The van der Waals surface area contributed by atoms with Crippen LogP contribution in [-0.2, 0) is 28.6 Å². The second kappa shape index (κ2) is 10.5. The number of alkyl halides is 15. The highest BCUT2D eigenvalue weighted by atomic mass is 19.4. The molecule has 0 radical (unpaired) electrons. The van der Waals surface area contributed by atoms with Crippen LogP contribution in [0.15, 0.2) is 12.2 Å². The molecule has 0 unspecified atom stereocenters. The number of carbonyl (C=O) groups is 3. The molecule has 0 amide bonds. The highest BCUT2D eigenvalue weighted by Gasteiger charge is 2.82. The van der Waals surface area contributed by atoms with Crippen molar-refractivity contribution in [3.8, 4) is 0 Å². The Morgan fingerprint density at radius 2 is 1.11 bits per heavy atom. The summed E-state index contributed by atoms with van der Waals surface area (Å²) in [5.74, 6) is -29.4. The van der Waals surface area contributed by atoms with Crippen LogP contribution in [0.5, 0.6) is 0 Å². The Labute approximate surface area is 194 Å². The standard InChI is InChI=1S/C16H11F15O6/c1-6(2)8(33)36-5-7(32)37-11(14(23,24)25,15(26,27)28)9(34)35-4-3-10(17,18)12(19,20)13(21,22)16(29,30)31/h1,3-5H2,2H3. The summed E-state index contributed by atoms with van der Waals surface area (Å²) in [4.78, 5) is 34.1. The molecular weight excluding hydrogens is 573 g/mol. The molecule has 0 aromatic carbocycles. The third kappa shape index (κ3) is 6.70. The van der Waals surface area contributed by atoms with Gasteiger partial charge in [0, 0.05) is 5.57 Å². The zero-order valence-electron chi connectivity index (χ0n) is 17.4. The van der Waals surface area contributed by atoms with Gasteiger partial charge in [-0.25, -0.2) is 14.4 Å². The van der Waals surface area contributed by atoms with Gasteiger partial charge in [0.25, 0.3) is 0 Å². The fraction of sp³-hybridized carbons (Fsp3) is 0.688. The quantitative estimate of drug-likeness (QED) is 0.157. The van der Waals surface area contributed by atoms with Crippen molar-refractivity contribution in [3.05, 3.63) is 12.2 Å². The summed E-state index contributed by atoms with van der Waals surface area (Å²) in [6.07, 6.45) is -24.5. The number of halogens is 15. The highest BCUT2D eigenvalue weighted by molar-refractivity contribution is 5.89. The average molecular weight is 584 g/mol. The molecule has 0 heterocycles. The molecule has 0 aromatic rings. The molecule has 0 saturated carbocycles. The van der Waals surface area contributed by atoms with Crippen molar-refractivity contribution in [1.82, 2.24) is 0 Å². The van der Waals surface area contributed by atoms with Gasteiger partial charge < -0.3 is 14.2 Å². The molecule has 0 aliphatic heterocycles. The first-order valence-corrected chi connectivity index (χ1v) is 8.65. The molecule has 0 aromatic heterocycles. The van der Waals surface area contributed by atoms with Gasteiger partial charge in [-0.15, -0.1) is 0 Å². The molecule has 0 rings (SSSR count). The van der Waals surface area contributed by atoms with Crippen LogP contribution in [0.3, 0.4) is 0 Å². The van der Waals surface area contributed by atoms with Crippen molar-refractivity contribution in [2.45, 2.75) is 55.2 Å². The molecule has 0 aliphatic rings. The van der Waals surface area contributed by atoms with Crippen LogP contribution < -0.4 is 0 Å². The lowest BCUT2D eigenvalue weighted by Crippen LogP contribution is -2.66. The van der Waals surface area contributed by atoms with Crippen LogP contribution in [-0.4, -0.2) is 73.0 Å². The Kier molecular flexibility index (Phi) is 9.64. The number of hydrogen-bond acceptors (Lipinski definition) is 6. The van der Waals surface area contributed by atoms with E-state index in [0.717, 1.165) is 6.92 Å². The van der Waals surface area contributed by atoms with Gasteiger partial charge in [0.05, 0.1) is 13.0 Å². The normalized spacial score (nSPS) is 14.2. The minimum atomic E-state index is -7.45. The average Bonchev–Trinajstić information content (AvgIpc) is 2.66. The van der Waals surface area contributed by atoms with E-state index in [2.05, 4.69) is 20.8 Å². The number of carbonyl (C=O) groups excluding carboxylic acids is 3. The van der Waals surface area contributed by atoms with E-state index in [0.29, 0.717) is 0 Å². The van der Waals surface area contributed by atoms with Gasteiger partial charge in [-0.05, 0) is 6.92 Å². The maximum absolute atomic E-state index is 13.4. The van der Waals surface area contributed by atoms with E-state index >= 15 is 0 Å². The fourth-order valence-corrected chi connectivity index (χ4v) is 1.94. The summed E-state index contributed by atoms with van der Waals surface area (Å²) in [7, 11) is 0. The lowest BCUT2D eigenvalue weighted by Gasteiger charge is -2.35.